The average molecular weight is 198 g/mol. The Bertz CT molecular complexity index is 160. The molecule has 0 amide bonds. The first-order chi connectivity index (χ1) is 6.39. The standard InChI is InChI=1S/C12H26N2/c1-10-6-8-14(12(3,4)5)9-7-11(2)13-10/h10-11,13H,6-9H2,1-5H3. The third-order valence-corrected chi connectivity index (χ3v) is 3.18. The van der Waals surface area contributed by atoms with E-state index >= 15 is 0 Å². The highest BCUT2D eigenvalue weighted by atomic mass is 15.2. The number of hydrogen-bond donors (Lipinski definition) is 1. The number of rotatable bonds is 0. The molecule has 0 radical (unpaired) electrons. The van der Waals surface area contributed by atoms with Crippen LogP contribution in [0, 0.1) is 0 Å². The van der Waals surface area contributed by atoms with Crippen LogP contribution in [0.1, 0.15) is 47.5 Å². The van der Waals surface area contributed by atoms with Gasteiger partial charge in [0.15, 0.2) is 0 Å². The fraction of sp³-hybridized carbons (Fsp3) is 1.00. The molecule has 2 atom stereocenters. The molecule has 2 nitrogen and oxygen atoms in total. The molecule has 0 aliphatic carbocycles. The van der Waals surface area contributed by atoms with Crippen molar-refractivity contribution in [3.8, 4) is 0 Å². The van der Waals surface area contributed by atoms with Crippen LogP contribution in [-0.2, 0) is 0 Å². The molecule has 1 N–H and O–H groups in total. The Kier molecular flexibility index (Phi) is 3.96. The Morgan fingerprint density at radius 2 is 1.43 bits per heavy atom. The van der Waals surface area contributed by atoms with Gasteiger partial charge < -0.3 is 5.32 Å². The lowest BCUT2D eigenvalue weighted by Gasteiger charge is -2.39. The molecule has 0 aromatic carbocycles. The molecule has 2 unspecified atom stereocenters. The van der Waals surface area contributed by atoms with Crippen LogP contribution in [0.2, 0.25) is 0 Å². The van der Waals surface area contributed by atoms with E-state index in [1.807, 2.05) is 0 Å². The zero-order chi connectivity index (χ0) is 10.8. The van der Waals surface area contributed by atoms with E-state index in [1.165, 1.54) is 25.9 Å². The summed E-state index contributed by atoms with van der Waals surface area (Å²) in [5.41, 5.74) is 0.330. The van der Waals surface area contributed by atoms with Gasteiger partial charge in [-0.25, -0.2) is 0 Å². The van der Waals surface area contributed by atoms with Crippen LogP contribution >= 0.6 is 0 Å². The molecule has 1 fully saturated rings. The van der Waals surface area contributed by atoms with Gasteiger partial charge in [-0.1, -0.05) is 0 Å². The smallest absolute Gasteiger partial charge is 0.0125 e. The maximum atomic E-state index is 3.63. The Hall–Kier alpha value is -0.0800. The molecule has 0 aromatic heterocycles. The van der Waals surface area contributed by atoms with Crippen molar-refractivity contribution < 1.29 is 0 Å². The summed E-state index contributed by atoms with van der Waals surface area (Å²) in [5, 5.41) is 3.63. The van der Waals surface area contributed by atoms with Gasteiger partial charge in [0.25, 0.3) is 0 Å². The molecule has 1 aliphatic rings. The maximum absolute atomic E-state index is 3.63. The highest BCUT2D eigenvalue weighted by Gasteiger charge is 2.23. The Labute approximate surface area is 89.1 Å². The zero-order valence-corrected chi connectivity index (χ0v) is 10.4. The van der Waals surface area contributed by atoms with Gasteiger partial charge in [-0.05, 0) is 47.5 Å². The molecule has 1 saturated heterocycles. The van der Waals surface area contributed by atoms with Crippen molar-refractivity contribution in [2.24, 2.45) is 0 Å². The second-order valence-corrected chi connectivity index (χ2v) is 5.70. The van der Waals surface area contributed by atoms with Crippen molar-refractivity contribution in [2.45, 2.75) is 65.1 Å². The summed E-state index contributed by atoms with van der Waals surface area (Å²) in [4.78, 5) is 2.61. The highest BCUT2D eigenvalue weighted by Crippen LogP contribution is 2.17. The van der Waals surface area contributed by atoms with Crippen molar-refractivity contribution in [1.82, 2.24) is 10.2 Å². The van der Waals surface area contributed by atoms with E-state index in [2.05, 4.69) is 44.8 Å². The van der Waals surface area contributed by atoms with Gasteiger partial charge in [-0.3, -0.25) is 4.90 Å². The van der Waals surface area contributed by atoms with Crippen molar-refractivity contribution >= 4 is 0 Å². The van der Waals surface area contributed by atoms with Crippen LogP contribution in [0.4, 0.5) is 0 Å². The van der Waals surface area contributed by atoms with Crippen LogP contribution in [-0.4, -0.2) is 35.6 Å². The Balaban J connectivity index is 2.54. The molecule has 0 bridgehead atoms. The van der Waals surface area contributed by atoms with Crippen LogP contribution in [0.15, 0.2) is 0 Å². The molecule has 1 heterocycles. The van der Waals surface area contributed by atoms with Crippen LogP contribution in [0.3, 0.4) is 0 Å². The zero-order valence-electron chi connectivity index (χ0n) is 10.4. The van der Waals surface area contributed by atoms with E-state index in [0.717, 1.165) is 0 Å². The Morgan fingerprint density at radius 3 is 1.79 bits per heavy atom. The molecule has 84 valence electrons. The molecule has 0 saturated carbocycles. The van der Waals surface area contributed by atoms with E-state index in [0.29, 0.717) is 17.6 Å². The SMILES string of the molecule is CC1CCN(C(C)(C)C)CCC(C)N1. The quantitative estimate of drug-likeness (QED) is 0.642. The first-order valence-electron chi connectivity index (χ1n) is 5.90. The van der Waals surface area contributed by atoms with Gasteiger partial charge in [0, 0.05) is 30.7 Å². The summed E-state index contributed by atoms with van der Waals surface area (Å²) in [6.45, 7) is 14.0. The van der Waals surface area contributed by atoms with Crippen molar-refractivity contribution in [2.75, 3.05) is 13.1 Å². The van der Waals surface area contributed by atoms with Crippen molar-refractivity contribution in [3.05, 3.63) is 0 Å². The lowest BCUT2D eigenvalue weighted by molar-refractivity contribution is 0.113. The van der Waals surface area contributed by atoms with Gasteiger partial charge in [-0.15, -0.1) is 0 Å². The molecular weight excluding hydrogens is 172 g/mol. The number of hydrogen-bond acceptors (Lipinski definition) is 2. The fourth-order valence-electron chi connectivity index (χ4n) is 2.13. The van der Waals surface area contributed by atoms with Crippen molar-refractivity contribution in [1.29, 1.82) is 0 Å². The van der Waals surface area contributed by atoms with Gasteiger partial charge in [0.2, 0.25) is 0 Å². The summed E-state index contributed by atoms with van der Waals surface area (Å²) in [6.07, 6.45) is 2.53. The largest absolute Gasteiger partial charge is 0.312 e. The molecule has 0 aromatic rings. The van der Waals surface area contributed by atoms with E-state index in [1.54, 1.807) is 0 Å². The summed E-state index contributed by atoms with van der Waals surface area (Å²) in [5.74, 6) is 0. The number of nitrogens with zero attached hydrogens (tertiary/aromatic N) is 1. The minimum Gasteiger partial charge on any atom is -0.312 e. The van der Waals surface area contributed by atoms with Crippen molar-refractivity contribution in [3.63, 3.8) is 0 Å². The van der Waals surface area contributed by atoms with E-state index in [4.69, 9.17) is 0 Å². The summed E-state index contributed by atoms with van der Waals surface area (Å²) >= 11 is 0. The maximum Gasteiger partial charge on any atom is 0.0125 e. The molecule has 2 heteroatoms. The average Bonchev–Trinajstić information content (AvgIpc) is 1.98. The van der Waals surface area contributed by atoms with Gasteiger partial charge in [0.05, 0.1) is 0 Å². The third kappa shape index (κ3) is 3.58. The topological polar surface area (TPSA) is 15.3 Å². The monoisotopic (exact) mass is 198 g/mol. The molecular formula is C12H26N2. The predicted molar refractivity (Wildman–Crippen MR) is 62.6 cm³/mol. The van der Waals surface area contributed by atoms with E-state index in [9.17, 15) is 0 Å². The summed E-state index contributed by atoms with van der Waals surface area (Å²) in [6, 6.07) is 1.32. The molecule has 0 spiro atoms. The molecule has 14 heavy (non-hydrogen) atoms. The summed E-state index contributed by atoms with van der Waals surface area (Å²) in [7, 11) is 0. The number of nitrogens with one attached hydrogen (secondary N) is 1. The fourth-order valence-corrected chi connectivity index (χ4v) is 2.13. The van der Waals surface area contributed by atoms with Crippen LogP contribution in [0.5, 0.6) is 0 Å². The van der Waals surface area contributed by atoms with Gasteiger partial charge in [-0.2, -0.15) is 0 Å². The minimum atomic E-state index is 0.330. The minimum absolute atomic E-state index is 0.330. The van der Waals surface area contributed by atoms with Gasteiger partial charge in [0.1, 0.15) is 0 Å². The van der Waals surface area contributed by atoms with Crippen LogP contribution < -0.4 is 5.32 Å². The Morgan fingerprint density at radius 1 is 1.00 bits per heavy atom. The third-order valence-electron chi connectivity index (χ3n) is 3.18. The normalized spacial score (nSPS) is 32.4. The van der Waals surface area contributed by atoms with Gasteiger partial charge >= 0.3 is 0 Å². The lowest BCUT2D eigenvalue weighted by Crippen LogP contribution is -2.49. The van der Waals surface area contributed by atoms with E-state index in [-0.39, 0.29) is 0 Å². The molecule has 1 aliphatic heterocycles. The van der Waals surface area contributed by atoms with E-state index < -0.39 is 0 Å². The first kappa shape index (κ1) is 12.0. The summed E-state index contributed by atoms with van der Waals surface area (Å²) < 4.78 is 0. The first-order valence-corrected chi connectivity index (χ1v) is 5.90. The second kappa shape index (κ2) is 4.63. The lowest BCUT2D eigenvalue weighted by atomic mass is 10.0. The highest BCUT2D eigenvalue weighted by molar-refractivity contribution is 4.82. The predicted octanol–water partition coefficient (Wildman–Crippen LogP) is 2.25. The van der Waals surface area contributed by atoms with Crippen LogP contribution in [0.25, 0.3) is 0 Å². The molecule has 1 rings (SSSR count). The second-order valence-electron chi connectivity index (χ2n) is 5.70.